The summed E-state index contributed by atoms with van der Waals surface area (Å²) in [5.74, 6) is 0.532. The zero-order chi connectivity index (χ0) is 17.4. The van der Waals surface area contributed by atoms with Crippen molar-refractivity contribution in [3.05, 3.63) is 59.9 Å². The van der Waals surface area contributed by atoms with Crippen molar-refractivity contribution in [1.82, 2.24) is 4.90 Å². The van der Waals surface area contributed by atoms with Gasteiger partial charge in [0.15, 0.2) is 0 Å². The third-order valence-corrected chi connectivity index (χ3v) is 5.21. The first-order valence-electron chi connectivity index (χ1n) is 8.70. The number of phenolic OH excluding ortho intramolecular Hbond substituents is 1. The van der Waals surface area contributed by atoms with Gasteiger partial charge in [0.2, 0.25) is 5.91 Å². The first-order chi connectivity index (χ1) is 12.1. The van der Waals surface area contributed by atoms with E-state index in [9.17, 15) is 14.3 Å². The molecular weight excluding hydrogens is 319 g/mol. The number of aromatic hydroxyl groups is 1. The summed E-state index contributed by atoms with van der Waals surface area (Å²) in [6.45, 7) is 3.02. The van der Waals surface area contributed by atoms with Crippen molar-refractivity contribution in [1.29, 1.82) is 0 Å². The summed E-state index contributed by atoms with van der Waals surface area (Å²) in [7, 11) is 0. The van der Waals surface area contributed by atoms with Crippen LogP contribution in [0.2, 0.25) is 0 Å². The van der Waals surface area contributed by atoms with Gasteiger partial charge < -0.3 is 14.9 Å². The lowest BCUT2D eigenvalue weighted by atomic mass is 10.1. The molecule has 1 saturated carbocycles. The van der Waals surface area contributed by atoms with Gasteiger partial charge in [-0.25, -0.2) is 4.39 Å². The van der Waals surface area contributed by atoms with E-state index in [1.54, 1.807) is 24.3 Å². The minimum atomic E-state index is -0.238. The molecule has 0 unspecified atom stereocenters. The van der Waals surface area contributed by atoms with Crippen molar-refractivity contribution in [3.63, 3.8) is 0 Å². The summed E-state index contributed by atoms with van der Waals surface area (Å²) < 4.78 is 13.0. The Morgan fingerprint density at radius 1 is 0.960 bits per heavy atom. The quantitative estimate of drug-likeness (QED) is 0.934. The zero-order valence-corrected chi connectivity index (χ0v) is 13.9. The average Bonchev–Trinajstić information content (AvgIpc) is 3.43. The van der Waals surface area contributed by atoms with E-state index in [1.807, 2.05) is 17.0 Å². The number of benzene rings is 2. The summed E-state index contributed by atoms with van der Waals surface area (Å²) in [4.78, 5) is 16.9. The SMILES string of the molecule is O=C([C@H]1C[C@H]1c1ccc(F)cc1)N1CCN(c2ccc(O)cc2)CC1. The van der Waals surface area contributed by atoms with Crippen LogP contribution in [0.4, 0.5) is 10.1 Å². The van der Waals surface area contributed by atoms with Crippen LogP contribution in [-0.4, -0.2) is 42.1 Å². The van der Waals surface area contributed by atoms with E-state index >= 15 is 0 Å². The number of anilines is 1. The maximum atomic E-state index is 13.0. The Morgan fingerprint density at radius 3 is 2.24 bits per heavy atom. The van der Waals surface area contributed by atoms with Gasteiger partial charge in [-0.1, -0.05) is 12.1 Å². The zero-order valence-electron chi connectivity index (χ0n) is 13.9. The molecule has 1 aliphatic carbocycles. The van der Waals surface area contributed by atoms with E-state index < -0.39 is 0 Å². The third-order valence-electron chi connectivity index (χ3n) is 5.21. The summed E-state index contributed by atoms with van der Waals surface area (Å²) in [5.41, 5.74) is 2.13. The molecule has 2 aromatic rings. The fourth-order valence-electron chi connectivity index (χ4n) is 3.63. The Morgan fingerprint density at radius 2 is 1.60 bits per heavy atom. The normalized spacial score (nSPS) is 22.8. The number of piperazine rings is 1. The Kier molecular flexibility index (Phi) is 4.07. The molecule has 2 fully saturated rings. The molecule has 0 spiro atoms. The van der Waals surface area contributed by atoms with Crippen LogP contribution < -0.4 is 4.90 Å². The summed E-state index contributed by atoms with van der Waals surface area (Å²) in [6, 6.07) is 13.7. The standard InChI is InChI=1S/C20H21FN2O2/c21-15-3-1-14(2-4-15)18-13-19(18)20(25)23-11-9-22(10-12-23)16-5-7-17(24)8-6-16/h1-8,18-19,24H,9-13H2/t18-,19-/m0/s1. The van der Waals surface area contributed by atoms with Gasteiger partial charge in [-0.2, -0.15) is 0 Å². The molecule has 2 aliphatic rings. The maximum absolute atomic E-state index is 13.0. The monoisotopic (exact) mass is 340 g/mol. The van der Waals surface area contributed by atoms with Crippen LogP contribution in [0, 0.1) is 11.7 Å². The van der Waals surface area contributed by atoms with Crippen molar-refractivity contribution >= 4 is 11.6 Å². The largest absolute Gasteiger partial charge is 0.508 e. The number of rotatable bonds is 3. The van der Waals surface area contributed by atoms with Crippen LogP contribution in [0.3, 0.4) is 0 Å². The minimum Gasteiger partial charge on any atom is -0.508 e. The highest BCUT2D eigenvalue weighted by molar-refractivity contribution is 5.83. The summed E-state index contributed by atoms with van der Waals surface area (Å²) >= 11 is 0. The number of nitrogens with zero attached hydrogens (tertiary/aromatic N) is 2. The molecule has 4 nitrogen and oxygen atoms in total. The number of phenols is 1. The summed E-state index contributed by atoms with van der Waals surface area (Å²) in [5, 5.41) is 9.38. The topological polar surface area (TPSA) is 43.8 Å². The lowest BCUT2D eigenvalue weighted by molar-refractivity contribution is -0.132. The molecule has 1 saturated heterocycles. The fourth-order valence-corrected chi connectivity index (χ4v) is 3.63. The van der Waals surface area contributed by atoms with Crippen LogP contribution in [-0.2, 0) is 4.79 Å². The summed E-state index contributed by atoms with van der Waals surface area (Å²) in [6.07, 6.45) is 0.864. The number of carbonyl (C=O) groups excluding carboxylic acids is 1. The van der Waals surface area contributed by atoms with Crippen LogP contribution in [0.15, 0.2) is 48.5 Å². The Labute approximate surface area is 146 Å². The van der Waals surface area contributed by atoms with Gasteiger partial charge in [-0.15, -0.1) is 0 Å². The molecule has 2 aromatic carbocycles. The molecule has 1 amide bonds. The molecule has 5 heteroatoms. The molecule has 1 heterocycles. The van der Waals surface area contributed by atoms with Crippen LogP contribution in [0.1, 0.15) is 17.9 Å². The van der Waals surface area contributed by atoms with Gasteiger partial charge in [0.25, 0.3) is 0 Å². The number of carbonyl (C=O) groups is 1. The van der Waals surface area contributed by atoms with Gasteiger partial charge in [0.1, 0.15) is 11.6 Å². The Bertz CT molecular complexity index is 752. The van der Waals surface area contributed by atoms with Crippen molar-refractivity contribution in [2.75, 3.05) is 31.1 Å². The predicted molar refractivity (Wildman–Crippen MR) is 94.1 cm³/mol. The minimum absolute atomic E-state index is 0.0469. The van der Waals surface area contributed by atoms with Crippen molar-refractivity contribution in [2.45, 2.75) is 12.3 Å². The van der Waals surface area contributed by atoms with Gasteiger partial charge in [0.05, 0.1) is 0 Å². The third kappa shape index (κ3) is 3.31. The van der Waals surface area contributed by atoms with E-state index in [0.29, 0.717) is 13.1 Å². The van der Waals surface area contributed by atoms with Crippen LogP contribution in [0.5, 0.6) is 5.75 Å². The van der Waals surface area contributed by atoms with Crippen LogP contribution >= 0.6 is 0 Å². The lowest BCUT2D eigenvalue weighted by Gasteiger charge is -2.36. The molecule has 4 rings (SSSR count). The molecule has 25 heavy (non-hydrogen) atoms. The lowest BCUT2D eigenvalue weighted by Crippen LogP contribution is -2.49. The number of hydrogen-bond donors (Lipinski definition) is 1. The number of amides is 1. The smallest absolute Gasteiger partial charge is 0.226 e. The second-order valence-corrected chi connectivity index (χ2v) is 6.83. The van der Waals surface area contributed by atoms with Crippen molar-refractivity contribution < 1.29 is 14.3 Å². The number of hydrogen-bond acceptors (Lipinski definition) is 3. The van der Waals surface area contributed by atoms with Gasteiger partial charge in [-0.05, 0) is 54.3 Å². The molecule has 0 bridgehead atoms. The first-order valence-corrected chi connectivity index (χ1v) is 8.70. The predicted octanol–water partition coefficient (Wildman–Crippen LogP) is 2.98. The molecule has 1 aliphatic heterocycles. The van der Waals surface area contributed by atoms with Crippen molar-refractivity contribution in [2.24, 2.45) is 5.92 Å². The van der Waals surface area contributed by atoms with E-state index in [4.69, 9.17) is 0 Å². The van der Waals surface area contributed by atoms with Gasteiger partial charge >= 0.3 is 0 Å². The Hall–Kier alpha value is -2.56. The highest BCUT2D eigenvalue weighted by atomic mass is 19.1. The second-order valence-electron chi connectivity index (χ2n) is 6.83. The highest BCUT2D eigenvalue weighted by Crippen LogP contribution is 2.48. The first kappa shape index (κ1) is 15.9. The Balaban J connectivity index is 1.33. The molecule has 0 aromatic heterocycles. The fraction of sp³-hybridized carbons (Fsp3) is 0.350. The van der Waals surface area contributed by atoms with E-state index in [1.165, 1.54) is 12.1 Å². The van der Waals surface area contributed by atoms with Crippen LogP contribution in [0.25, 0.3) is 0 Å². The van der Waals surface area contributed by atoms with E-state index in [-0.39, 0.29) is 29.3 Å². The van der Waals surface area contributed by atoms with Gasteiger partial charge in [0, 0.05) is 37.8 Å². The maximum Gasteiger partial charge on any atom is 0.226 e. The second kappa shape index (κ2) is 6.39. The molecule has 0 radical (unpaired) electrons. The molecule has 130 valence electrons. The van der Waals surface area contributed by atoms with E-state index in [2.05, 4.69) is 4.90 Å². The van der Waals surface area contributed by atoms with Crippen molar-refractivity contribution in [3.8, 4) is 5.75 Å². The molecule has 1 N–H and O–H groups in total. The average molecular weight is 340 g/mol. The highest BCUT2D eigenvalue weighted by Gasteiger charge is 2.46. The number of halogens is 1. The van der Waals surface area contributed by atoms with Gasteiger partial charge in [-0.3, -0.25) is 4.79 Å². The van der Waals surface area contributed by atoms with E-state index in [0.717, 1.165) is 30.8 Å². The molecular formula is C20H21FN2O2. The molecule has 2 atom stereocenters.